The minimum Gasteiger partial charge on any atom is -0.369 e. The van der Waals surface area contributed by atoms with Gasteiger partial charge in [-0.3, -0.25) is 9.59 Å². The Balaban J connectivity index is 1.91. The predicted octanol–water partition coefficient (Wildman–Crippen LogP) is 0.0984. The van der Waals surface area contributed by atoms with E-state index in [-0.39, 0.29) is 29.7 Å². The first kappa shape index (κ1) is 13.3. The standard InChI is InChI=1S/C13H23N3O2/c1-16-7-10(12(14)17)11(8-16)15-13(18)9-5-3-2-4-6-9/h9-11H,2-8H2,1H3,(H2,14,17)(H,15,18)/t10-,11+/m1/s1. The quantitative estimate of drug-likeness (QED) is 0.749. The van der Waals surface area contributed by atoms with Crippen molar-refractivity contribution in [2.45, 2.75) is 38.1 Å². The van der Waals surface area contributed by atoms with Crippen molar-refractivity contribution in [1.82, 2.24) is 10.2 Å². The van der Waals surface area contributed by atoms with Gasteiger partial charge in [-0.05, 0) is 19.9 Å². The molecular weight excluding hydrogens is 230 g/mol. The number of carbonyl (C=O) groups excluding carboxylic acids is 2. The highest BCUT2D eigenvalue weighted by atomic mass is 16.2. The highest BCUT2D eigenvalue weighted by molar-refractivity contribution is 5.82. The molecule has 0 unspecified atom stereocenters. The molecule has 0 radical (unpaired) electrons. The van der Waals surface area contributed by atoms with E-state index in [0.717, 1.165) is 25.7 Å². The third kappa shape index (κ3) is 3.02. The second-order valence-corrected chi connectivity index (χ2v) is 5.68. The summed E-state index contributed by atoms with van der Waals surface area (Å²) in [6.07, 6.45) is 5.48. The zero-order valence-corrected chi connectivity index (χ0v) is 11.0. The fourth-order valence-electron chi connectivity index (χ4n) is 3.10. The Bertz CT molecular complexity index is 326. The van der Waals surface area contributed by atoms with Gasteiger partial charge < -0.3 is 16.0 Å². The van der Waals surface area contributed by atoms with Crippen LogP contribution in [0.5, 0.6) is 0 Å². The Morgan fingerprint density at radius 1 is 1.17 bits per heavy atom. The van der Waals surface area contributed by atoms with Crippen molar-refractivity contribution in [3.63, 3.8) is 0 Å². The van der Waals surface area contributed by atoms with Crippen LogP contribution in [0.4, 0.5) is 0 Å². The summed E-state index contributed by atoms with van der Waals surface area (Å²) >= 11 is 0. The number of carbonyl (C=O) groups is 2. The van der Waals surface area contributed by atoms with E-state index < -0.39 is 0 Å². The van der Waals surface area contributed by atoms with Crippen LogP contribution < -0.4 is 11.1 Å². The summed E-state index contributed by atoms with van der Waals surface area (Å²) in [5, 5.41) is 3.03. The lowest BCUT2D eigenvalue weighted by atomic mass is 9.88. The number of nitrogens with one attached hydrogen (secondary N) is 1. The van der Waals surface area contributed by atoms with Gasteiger partial charge in [0.2, 0.25) is 11.8 Å². The van der Waals surface area contributed by atoms with Crippen LogP contribution in [0.15, 0.2) is 0 Å². The molecule has 1 aliphatic carbocycles. The fraction of sp³-hybridized carbons (Fsp3) is 0.846. The lowest BCUT2D eigenvalue weighted by molar-refractivity contribution is -0.127. The van der Waals surface area contributed by atoms with Gasteiger partial charge in [0.25, 0.3) is 0 Å². The van der Waals surface area contributed by atoms with E-state index in [2.05, 4.69) is 5.32 Å². The molecule has 0 aromatic rings. The van der Waals surface area contributed by atoms with Gasteiger partial charge in [0.1, 0.15) is 0 Å². The highest BCUT2D eigenvalue weighted by Gasteiger charge is 2.36. The molecule has 2 atom stereocenters. The average molecular weight is 253 g/mol. The molecule has 3 N–H and O–H groups in total. The Morgan fingerprint density at radius 3 is 2.44 bits per heavy atom. The number of amides is 2. The Labute approximate surface area is 108 Å². The molecule has 102 valence electrons. The van der Waals surface area contributed by atoms with Crippen molar-refractivity contribution in [3.05, 3.63) is 0 Å². The molecule has 1 saturated carbocycles. The molecule has 1 saturated heterocycles. The third-order valence-corrected chi connectivity index (χ3v) is 4.17. The molecule has 2 amide bonds. The Kier molecular flexibility index (Phi) is 4.22. The fourth-order valence-corrected chi connectivity index (χ4v) is 3.10. The van der Waals surface area contributed by atoms with Gasteiger partial charge in [-0.25, -0.2) is 0 Å². The molecule has 5 nitrogen and oxygen atoms in total. The molecule has 2 aliphatic rings. The number of likely N-dealkylation sites (N-methyl/N-ethyl adjacent to an activating group) is 1. The van der Waals surface area contributed by atoms with Gasteiger partial charge in [0.15, 0.2) is 0 Å². The number of rotatable bonds is 3. The van der Waals surface area contributed by atoms with Gasteiger partial charge in [-0.1, -0.05) is 19.3 Å². The summed E-state index contributed by atoms with van der Waals surface area (Å²) in [6.45, 7) is 1.36. The summed E-state index contributed by atoms with van der Waals surface area (Å²) < 4.78 is 0. The third-order valence-electron chi connectivity index (χ3n) is 4.17. The van der Waals surface area contributed by atoms with E-state index in [4.69, 9.17) is 5.73 Å². The zero-order chi connectivity index (χ0) is 13.1. The first-order valence-corrected chi connectivity index (χ1v) is 6.86. The van der Waals surface area contributed by atoms with Crippen LogP contribution in [-0.4, -0.2) is 42.9 Å². The van der Waals surface area contributed by atoms with Crippen molar-refractivity contribution >= 4 is 11.8 Å². The maximum Gasteiger partial charge on any atom is 0.223 e. The molecule has 5 heteroatoms. The first-order valence-electron chi connectivity index (χ1n) is 6.86. The van der Waals surface area contributed by atoms with Crippen molar-refractivity contribution in [1.29, 1.82) is 0 Å². The monoisotopic (exact) mass is 253 g/mol. The van der Waals surface area contributed by atoms with Crippen molar-refractivity contribution < 1.29 is 9.59 Å². The normalized spacial score (nSPS) is 30.3. The van der Waals surface area contributed by atoms with Crippen LogP contribution in [-0.2, 0) is 9.59 Å². The summed E-state index contributed by atoms with van der Waals surface area (Å²) in [5.41, 5.74) is 5.39. The van der Waals surface area contributed by atoms with Gasteiger partial charge in [0.05, 0.1) is 12.0 Å². The van der Waals surface area contributed by atoms with E-state index in [9.17, 15) is 9.59 Å². The Morgan fingerprint density at radius 2 is 1.83 bits per heavy atom. The van der Waals surface area contributed by atoms with Crippen molar-refractivity contribution in [2.75, 3.05) is 20.1 Å². The minimum atomic E-state index is -0.312. The summed E-state index contributed by atoms with van der Waals surface area (Å²) in [7, 11) is 1.95. The molecule has 0 bridgehead atoms. The predicted molar refractivity (Wildman–Crippen MR) is 68.7 cm³/mol. The SMILES string of the molecule is CN1C[C@H](NC(=O)C2CCCCC2)[C@H](C(N)=O)C1. The van der Waals surface area contributed by atoms with Crippen LogP contribution >= 0.6 is 0 Å². The summed E-state index contributed by atoms with van der Waals surface area (Å²) in [6, 6.07) is -0.109. The van der Waals surface area contributed by atoms with Gasteiger partial charge >= 0.3 is 0 Å². The summed E-state index contributed by atoms with van der Waals surface area (Å²) in [4.78, 5) is 25.5. The lowest BCUT2D eigenvalue weighted by Gasteiger charge is -2.24. The first-order chi connectivity index (χ1) is 8.58. The van der Waals surface area contributed by atoms with E-state index in [1.165, 1.54) is 6.42 Å². The van der Waals surface area contributed by atoms with E-state index >= 15 is 0 Å². The average Bonchev–Trinajstić information content (AvgIpc) is 2.71. The largest absolute Gasteiger partial charge is 0.369 e. The van der Waals surface area contributed by atoms with Gasteiger partial charge in [-0.15, -0.1) is 0 Å². The number of hydrogen-bond acceptors (Lipinski definition) is 3. The van der Waals surface area contributed by atoms with Gasteiger partial charge in [0, 0.05) is 19.0 Å². The number of hydrogen-bond donors (Lipinski definition) is 2. The second-order valence-electron chi connectivity index (χ2n) is 5.68. The molecule has 1 heterocycles. The van der Waals surface area contributed by atoms with Crippen molar-refractivity contribution in [3.8, 4) is 0 Å². The Hall–Kier alpha value is -1.10. The molecule has 0 aromatic heterocycles. The van der Waals surface area contributed by atoms with E-state index in [1.54, 1.807) is 0 Å². The topological polar surface area (TPSA) is 75.4 Å². The number of nitrogens with zero attached hydrogens (tertiary/aromatic N) is 1. The van der Waals surface area contributed by atoms with E-state index in [1.807, 2.05) is 11.9 Å². The molecule has 2 fully saturated rings. The molecule has 0 aromatic carbocycles. The molecule has 2 rings (SSSR count). The summed E-state index contributed by atoms with van der Waals surface area (Å²) in [5.74, 6) is -0.310. The minimum absolute atomic E-state index is 0.109. The number of primary amides is 1. The van der Waals surface area contributed by atoms with Crippen molar-refractivity contribution in [2.24, 2.45) is 17.6 Å². The molecular formula is C13H23N3O2. The van der Waals surface area contributed by atoms with Crippen LogP contribution in [0.25, 0.3) is 0 Å². The lowest BCUT2D eigenvalue weighted by Crippen LogP contribution is -2.47. The van der Waals surface area contributed by atoms with E-state index in [0.29, 0.717) is 13.1 Å². The smallest absolute Gasteiger partial charge is 0.223 e. The zero-order valence-electron chi connectivity index (χ0n) is 11.0. The van der Waals surface area contributed by atoms with Crippen LogP contribution in [0, 0.1) is 11.8 Å². The van der Waals surface area contributed by atoms with Crippen LogP contribution in [0.1, 0.15) is 32.1 Å². The molecule has 0 spiro atoms. The van der Waals surface area contributed by atoms with Crippen LogP contribution in [0.3, 0.4) is 0 Å². The maximum atomic E-state index is 12.1. The maximum absolute atomic E-state index is 12.1. The molecule has 18 heavy (non-hydrogen) atoms. The second kappa shape index (κ2) is 5.69. The number of nitrogens with two attached hydrogens (primary N) is 1. The number of likely N-dealkylation sites (tertiary alicyclic amines) is 1. The van der Waals surface area contributed by atoms with Gasteiger partial charge in [-0.2, -0.15) is 0 Å². The highest BCUT2D eigenvalue weighted by Crippen LogP contribution is 2.24. The molecule has 1 aliphatic heterocycles. The van der Waals surface area contributed by atoms with Crippen LogP contribution in [0.2, 0.25) is 0 Å².